The zero-order chi connectivity index (χ0) is 19.7. The number of hydrogen-bond acceptors (Lipinski definition) is 4. The summed E-state index contributed by atoms with van der Waals surface area (Å²) in [6, 6.07) is 0. The van der Waals surface area contributed by atoms with Crippen molar-refractivity contribution in [2.45, 2.75) is 89.9 Å². The molecule has 29 heavy (non-hydrogen) atoms. The lowest BCUT2D eigenvalue weighted by molar-refractivity contribution is -0.191. The minimum absolute atomic E-state index is 0.00886. The van der Waals surface area contributed by atoms with Crippen LogP contribution in [0.15, 0.2) is 0 Å². The van der Waals surface area contributed by atoms with E-state index in [0.717, 1.165) is 42.9 Å². The summed E-state index contributed by atoms with van der Waals surface area (Å²) in [7, 11) is 0. The van der Waals surface area contributed by atoms with Gasteiger partial charge in [0.1, 0.15) is 0 Å². The van der Waals surface area contributed by atoms with Crippen LogP contribution in [0.2, 0.25) is 0 Å². The number of ether oxygens (including phenoxy) is 3. The molecule has 0 amide bonds. The first kappa shape index (κ1) is 19.1. The molecule has 0 aromatic carbocycles. The van der Waals surface area contributed by atoms with Gasteiger partial charge in [-0.1, -0.05) is 13.8 Å². The van der Waals surface area contributed by atoms with Crippen molar-refractivity contribution in [1.82, 2.24) is 0 Å². The molecule has 6 aliphatic carbocycles. The first-order valence-electron chi connectivity index (χ1n) is 12.6. The van der Waals surface area contributed by atoms with Crippen molar-refractivity contribution in [3.8, 4) is 0 Å². The highest BCUT2D eigenvalue weighted by Crippen LogP contribution is 2.62. The van der Waals surface area contributed by atoms with Crippen molar-refractivity contribution in [2.24, 2.45) is 53.3 Å². The molecule has 7 atom stereocenters. The van der Waals surface area contributed by atoms with Crippen LogP contribution in [0.1, 0.15) is 71.6 Å². The predicted molar refractivity (Wildman–Crippen MR) is 109 cm³/mol. The highest BCUT2D eigenvalue weighted by Gasteiger charge is 2.62. The topological polar surface area (TPSA) is 44.8 Å². The molecule has 6 bridgehead atoms. The van der Waals surface area contributed by atoms with E-state index in [1.54, 1.807) is 0 Å². The van der Waals surface area contributed by atoms with Gasteiger partial charge in [-0.15, -0.1) is 0 Å². The summed E-state index contributed by atoms with van der Waals surface area (Å²) in [5.41, 5.74) is 0. The number of esters is 1. The Hall–Kier alpha value is -0.610. The summed E-state index contributed by atoms with van der Waals surface area (Å²) in [4.78, 5) is 13.0. The third-order valence-corrected chi connectivity index (χ3v) is 10.0. The number of fused-ring (bicyclic) bond motifs is 5. The molecule has 6 saturated carbocycles. The van der Waals surface area contributed by atoms with Crippen molar-refractivity contribution in [1.29, 1.82) is 0 Å². The van der Waals surface area contributed by atoms with Crippen LogP contribution >= 0.6 is 0 Å². The summed E-state index contributed by atoms with van der Waals surface area (Å²) in [5, 5.41) is 0. The molecule has 1 saturated heterocycles. The van der Waals surface area contributed by atoms with Gasteiger partial charge in [-0.25, -0.2) is 0 Å². The molecule has 0 aromatic rings. The Balaban J connectivity index is 1.05. The summed E-state index contributed by atoms with van der Waals surface area (Å²) in [5.74, 6) is 5.83. The van der Waals surface area contributed by atoms with Crippen LogP contribution in [0.4, 0.5) is 0 Å². The van der Waals surface area contributed by atoms with Crippen LogP contribution in [0, 0.1) is 53.3 Å². The number of carbonyl (C=O) groups is 1. The fraction of sp³-hybridized carbons (Fsp3) is 0.960. The predicted octanol–water partition coefficient (Wildman–Crippen LogP) is 4.80. The number of hydrogen-bond donors (Lipinski definition) is 0. The maximum Gasteiger partial charge on any atom is 0.311 e. The third kappa shape index (κ3) is 2.95. The summed E-state index contributed by atoms with van der Waals surface area (Å²) in [6.45, 7) is 4.66. The summed E-state index contributed by atoms with van der Waals surface area (Å²) in [6.07, 6.45) is 12.3. The lowest BCUT2D eigenvalue weighted by atomic mass is 9.55. The second-order valence-corrected chi connectivity index (χ2v) is 11.3. The molecule has 0 N–H and O–H groups in total. The molecule has 7 aliphatic rings. The molecule has 4 heteroatoms. The van der Waals surface area contributed by atoms with Crippen LogP contribution < -0.4 is 0 Å². The molecule has 7 fully saturated rings. The van der Waals surface area contributed by atoms with Crippen molar-refractivity contribution in [3.63, 3.8) is 0 Å². The van der Waals surface area contributed by atoms with E-state index in [-0.39, 0.29) is 18.7 Å². The van der Waals surface area contributed by atoms with Crippen molar-refractivity contribution >= 4 is 5.97 Å². The summed E-state index contributed by atoms with van der Waals surface area (Å²) >= 11 is 0. The normalized spacial score (nSPS) is 54.1. The zero-order valence-corrected chi connectivity index (χ0v) is 18.1. The summed E-state index contributed by atoms with van der Waals surface area (Å²) < 4.78 is 18.4. The van der Waals surface area contributed by atoms with Gasteiger partial charge in [-0.2, -0.15) is 0 Å². The van der Waals surface area contributed by atoms with E-state index < -0.39 is 0 Å². The fourth-order valence-electron chi connectivity index (χ4n) is 9.36. The van der Waals surface area contributed by atoms with E-state index in [1.165, 1.54) is 38.5 Å². The van der Waals surface area contributed by atoms with E-state index >= 15 is 0 Å². The highest BCUT2D eigenvalue weighted by atomic mass is 16.7. The lowest BCUT2D eigenvalue weighted by Gasteiger charge is -2.53. The van der Waals surface area contributed by atoms with Gasteiger partial charge in [-0.3, -0.25) is 4.79 Å². The monoisotopic (exact) mass is 402 g/mol. The van der Waals surface area contributed by atoms with Gasteiger partial charge in [0.25, 0.3) is 0 Å². The van der Waals surface area contributed by atoms with Gasteiger partial charge in [0, 0.05) is 0 Å². The number of rotatable bonds is 6. The van der Waals surface area contributed by atoms with E-state index in [4.69, 9.17) is 14.2 Å². The molecule has 1 aliphatic heterocycles. The van der Waals surface area contributed by atoms with Crippen LogP contribution in [0.25, 0.3) is 0 Å². The first-order valence-corrected chi connectivity index (χ1v) is 12.6. The maximum atomic E-state index is 13.0. The Morgan fingerprint density at radius 3 is 2.14 bits per heavy atom. The van der Waals surface area contributed by atoms with Gasteiger partial charge < -0.3 is 14.2 Å². The molecule has 7 unspecified atom stereocenters. The first-order chi connectivity index (χ1) is 14.2. The van der Waals surface area contributed by atoms with Crippen molar-refractivity contribution < 1.29 is 19.0 Å². The average molecular weight is 403 g/mol. The van der Waals surface area contributed by atoms with Crippen LogP contribution in [-0.2, 0) is 19.0 Å². The maximum absolute atomic E-state index is 13.0. The standard InChI is InChI=1S/C25H38O4/c1-3-20-22-15-10-18(23(22)21(4-2)29-20)19(11-15)25(26)28-12-27-24-16-6-13-5-14(8-16)9-17(24)7-13/h13-24H,3-12H2,1-2H3. The van der Waals surface area contributed by atoms with Gasteiger partial charge in [0.2, 0.25) is 0 Å². The van der Waals surface area contributed by atoms with E-state index in [9.17, 15) is 4.79 Å². The van der Waals surface area contributed by atoms with E-state index in [1.807, 2.05) is 0 Å². The molecular formula is C25H38O4. The van der Waals surface area contributed by atoms with Crippen LogP contribution in [-0.4, -0.2) is 31.1 Å². The van der Waals surface area contributed by atoms with Crippen LogP contribution in [0.5, 0.6) is 0 Å². The Morgan fingerprint density at radius 1 is 0.828 bits per heavy atom. The molecule has 1 heterocycles. The molecule has 0 aromatic heterocycles. The van der Waals surface area contributed by atoms with E-state index in [2.05, 4.69) is 13.8 Å². The van der Waals surface area contributed by atoms with Crippen molar-refractivity contribution in [2.75, 3.05) is 6.79 Å². The van der Waals surface area contributed by atoms with Crippen LogP contribution in [0.3, 0.4) is 0 Å². The Bertz CT molecular complexity index is 619. The van der Waals surface area contributed by atoms with Gasteiger partial charge in [0.15, 0.2) is 6.79 Å². The smallest absolute Gasteiger partial charge is 0.311 e. The minimum atomic E-state index is 0.00886. The highest BCUT2D eigenvalue weighted by molar-refractivity contribution is 5.73. The molecular weight excluding hydrogens is 364 g/mol. The van der Waals surface area contributed by atoms with E-state index in [0.29, 0.717) is 42.0 Å². The molecule has 0 radical (unpaired) electrons. The molecule has 7 rings (SSSR count). The Kier molecular flexibility index (Phi) is 4.76. The molecule has 0 spiro atoms. The average Bonchev–Trinajstić information content (AvgIpc) is 3.39. The van der Waals surface area contributed by atoms with Crippen molar-refractivity contribution in [3.05, 3.63) is 0 Å². The van der Waals surface area contributed by atoms with Gasteiger partial charge in [-0.05, 0) is 105 Å². The largest absolute Gasteiger partial charge is 0.438 e. The van der Waals surface area contributed by atoms with Gasteiger partial charge in [0.05, 0.1) is 24.2 Å². The molecule has 4 nitrogen and oxygen atoms in total. The zero-order valence-electron chi connectivity index (χ0n) is 18.1. The second-order valence-electron chi connectivity index (χ2n) is 11.3. The third-order valence-electron chi connectivity index (χ3n) is 10.0. The quantitative estimate of drug-likeness (QED) is 0.473. The minimum Gasteiger partial charge on any atom is -0.438 e. The Morgan fingerprint density at radius 2 is 1.48 bits per heavy atom. The fourth-order valence-corrected chi connectivity index (χ4v) is 9.36. The lowest BCUT2D eigenvalue weighted by Crippen LogP contribution is -2.49. The molecule has 162 valence electrons. The second kappa shape index (κ2) is 7.22. The number of carbonyl (C=O) groups excluding carboxylic acids is 1. The Labute approximate surface area is 175 Å². The van der Waals surface area contributed by atoms with Gasteiger partial charge >= 0.3 is 5.97 Å². The SMILES string of the molecule is CCC1OC(CC)C2C3CC(CC3C(=O)OCOC3C4CC5CC(C4)CC3C5)C12.